The molecule has 3 heteroatoms. The lowest BCUT2D eigenvalue weighted by molar-refractivity contribution is -0.120. The van der Waals surface area contributed by atoms with Crippen LogP contribution in [-0.2, 0) is 11.2 Å². The average Bonchev–Trinajstić information content (AvgIpc) is 2.53. The lowest BCUT2D eigenvalue weighted by Crippen LogP contribution is -2.20. The molecule has 0 aliphatic rings. The summed E-state index contributed by atoms with van der Waals surface area (Å²) >= 11 is 0. The van der Waals surface area contributed by atoms with Crippen LogP contribution in [0.4, 0.5) is 0 Å². The largest absolute Gasteiger partial charge is 0.273 e. The van der Waals surface area contributed by atoms with E-state index in [0.717, 1.165) is 16.8 Å². The third-order valence-electron chi connectivity index (χ3n) is 2.88. The van der Waals surface area contributed by atoms with Gasteiger partial charge in [0.25, 0.3) is 0 Å². The van der Waals surface area contributed by atoms with E-state index >= 15 is 0 Å². The van der Waals surface area contributed by atoms with Crippen LogP contribution in [0.15, 0.2) is 71.8 Å². The first kappa shape index (κ1) is 14.7. The zero-order chi connectivity index (χ0) is 14.9. The minimum absolute atomic E-state index is 0.117. The van der Waals surface area contributed by atoms with Gasteiger partial charge in [-0.2, -0.15) is 5.10 Å². The van der Waals surface area contributed by atoms with E-state index in [4.69, 9.17) is 0 Å². The number of hydrogen-bond acceptors (Lipinski definition) is 2. The lowest BCUT2D eigenvalue weighted by atomic mass is 10.1. The number of nitrogens with zero attached hydrogens (tertiary/aromatic N) is 1. The highest BCUT2D eigenvalue weighted by molar-refractivity contribution is 5.97. The van der Waals surface area contributed by atoms with Crippen LogP contribution >= 0.6 is 0 Å². The smallest absolute Gasteiger partial charge is 0.244 e. The first-order valence-electron chi connectivity index (χ1n) is 6.84. The molecule has 2 aromatic rings. The number of hydrazone groups is 1. The standard InChI is InChI=1S/C18H18N2O/c1-15(12-13-16-8-4-2-5-9-16)19-20-18(21)14-17-10-6-3-7-11-17/h2-13H,14H2,1H3,(H,20,21)/b13-12+,19-15-. The van der Waals surface area contributed by atoms with Crippen LogP contribution < -0.4 is 5.43 Å². The lowest BCUT2D eigenvalue weighted by Gasteiger charge is -2.00. The van der Waals surface area contributed by atoms with Gasteiger partial charge in [-0.05, 0) is 24.1 Å². The van der Waals surface area contributed by atoms with Crippen LogP contribution in [0.1, 0.15) is 18.1 Å². The van der Waals surface area contributed by atoms with Crippen LogP contribution in [0.2, 0.25) is 0 Å². The molecule has 0 heterocycles. The molecule has 0 saturated carbocycles. The second-order valence-electron chi connectivity index (χ2n) is 4.69. The minimum Gasteiger partial charge on any atom is -0.273 e. The predicted octanol–water partition coefficient (Wildman–Crippen LogP) is 3.43. The summed E-state index contributed by atoms with van der Waals surface area (Å²) in [5.41, 5.74) is 5.39. The van der Waals surface area contributed by atoms with E-state index in [9.17, 15) is 4.79 Å². The third kappa shape index (κ3) is 5.45. The maximum Gasteiger partial charge on any atom is 0.244 e. The van der Waals surface area contributed by atoms with Gasteiger partial charge in [-0.3, -0.25) is 4.79 Å². The summed E-state index contributed by atoms with van der Waals surface area (Å²) in [6, 6.07) is 19.6. The first-order valence-corrected chi connectivity index (χ1v) is 6.84. The molecule has 0 saturated heterocycles. The number of carbonyl (C=O) groups is 1. The van der Waals surface area contributed by atoms with E-state index < -0.39 is 0 Å². The Kier molecular flexibility index (Phi) is 5.47. The zero-order valence-corrected chi connectivity index (χ0v) is 12.0. The Morgan fingerprint density at radius 3 is 2.33 bits per heavy atom. The van der Waals surface area contributed by atoms with Gasteiger partial charge in [0.2, 0.25) is 5.91 Å². The van der Waals surface area contributed by atoms with Crippen molar-refractivity contribution in [3.05, 3.63) is 77.9 Å². The van der Waals surface area contributed by atoms with Gasteiger partial charge in [-0.15, -0.1) is 0 Å². The molecule has 106 valence electrons. The van der Waals surface area contributed by atoms with E-state index in [1.807, 2.05) is 79.7 Å². The molecule has 3 nitrogen and oxygen atoms in total. The van der Waals surface area contributed by atoms with Crippen LogP contribution in [0.3, 0.4) is 0 Å². The van der Waals surface area contributed by atoms with Crippen molar-refractivity contribution in [2.24, 2.45) is 5.10 Å². The van der Waals surface area contributed by atoms with Crippen molar-refractivity contribution in [3.8, 4) is 0 Å². The SMILES string of the molecule is CC(/C=C/c1ccccc1)=N/NC(=O)Cc1ccccc1. The van der Waals surface area contributed by atoms with E-state index in [-0.39, 0.29) is 5.91 Å². The number of allylic oxidation sites excluding steroid dienone is 1. The Labute approximate surface area is 125 Å². The molecule has 2 aromatic carbocycles. The van der Waals surface area contributed by atoms with Crippen LogP contribution in [-0.4, -0.2) is 11.6 Å². The summed E-state index contributed by atoms with van der Waals surface area (Å²) in [7, 11) is 0. The van der Waals surface area contributed by atoms with Gasteiger partial charge in [0.15, 0.2) is 0 Å². The minimum atomic E-state index is -0.117. The Balaban J connectivity index is 1.85. The molecule has 0 aromatic heterocycles. The van der Waals surface area contributed by atoms with E-state index in [0.29, 0.717) is 6.42 Å². The van der Waals surface area contributed by atoms with Crippen LogP contribution in [0, 0.1) is 0 Å². The summed E-state index contributed by atoms with van der Waals surface area (Å²) in [5, 5.41) is 4.07. The van der Waals surface area contributed by atoms with Crippen molar-refractivity contribution < 1.29 is 4.79 Å². The second-order valence-corrected chi connectivity index (χ2v) is 4.69. The molecule has 0 unspecified atom stereocenters. The monoisotopic (exact) mass is 278 g/mol. The second kappa shape index (κ2) is 7.80. The molecule has 0 radical (unpaired) electrons. The highest BCUT2D eigenvalue weighted by Crippen LogP contribution is 2.01. The van der Waals surface area contributed by atoms with Crippen molar-refractivity contribution in [2.75, 3.05) is 0 Å². The Bertz CT molecular complexity index is 631. The van der Waals surface area contributed by atoms with Crippen LogP contribution in [0.25, 0.3) is 6.08 Å². The summed E-state index contributed by atoms with van der Waals surface area (Å²) in [4.78, 5) is 11.7. The van der Waals surface area contributed by atoms with Gasteiger partial charge >= 0.3 is 0 Å². The predicted molar refractivity (Wildman–Crippen MR) is 86.9 cm³/mol. The fourth-order valence-electron chi connectivity index (χ4n) is 1.79. The maximum atomic E-state index is 11.7. The Morgan fingerprint density at radius 1 is 1.05 bits per heavy atom. The van der Waals surface area contributed by atoms with Crippen molar-refractivity contribution in [1.82, 2.24) is 5.43 Å². The van der Waals surface area contributed by atoms with Gasteiger partial charge in [0.1, 0.15) is 0 Å². The molecular weight excluding hydrogens is 260 g/mol. The highest BCUT2D eigenvalue weighted by atomic mass is 16.2. The molecule has 0 aliphatic heterocycles. The molecular formula is C18H18N2O. The van der Waals surface area contributed by atoms with Gasteiger partial charge < -0.3 is 0 Å². The molecule has 0 fully saturated rings. The number of benzene rings is 2. The average molecular weight is 278 g/mol. The number of amides is 1. The fourth-order valence-corrected chi connectivity index (χ4v) is 1.79. The molecule has 0 bridgehead atoms. The maximum absolute atomic E-state index is 11.7. The van der Waals surface area contributed by atoms with Gasteiger partial charge in [0.05, 0.1) is 12.1 Å². The van der Waals surface area contributed by atoms with E-state index in [1.54, 1.807) is 0 Å². The van der Waals surface area contributed by atoms with Gasteiger partial charge in [-0.1, -0.05) is 66.7 Å². The van der Waals surface area contributed by atoms with Crippen molar-refractivity contribution >= 4 is 17.7 Å². The molecule has 2 rings (SSSR count). The fraction of sp³-hybridized carbons (Fsp3) is 0.111. The Morgan fingerprint density at radius 2 is 1.67 bits per heavy atom. The van der Waals surface area contributed by atoms with Crippen molar-refractivity contribution in [1.29, 1.82) is 0 Å². The van der Waals surface area contributed by atoms with E-state index in [2.05, 4.69) is 10.5 Å². The number of hydrogen-bond donors (Lipinski definition) is 1. The zero-order valence-electron chi connectivity index (χ0n) is 12.0. The molecule has 1 N–H and O–H groups in total. The van der Waals surface area contributed by atoms with Crippen molar-refractivity contribution in [2.45, 2.75) is 13.3 Å². The molecule has 0 aliphatic carbocycles. The van der Waals surface area contributed by atoms with Crippen LogP contribution in [0.5, 0.6) is 0 Å². The number of rotatable bonds is 5. The first-order chi connectivity index (χ1) is 10.2. The molecule has 0 spiro atoms. The van der Waals surface area contributed by atoms with Crippen molar-refractivity contribution in [3.63, 3.8) is 0 Å². The summed E-state index contributed by atoms with van der Waals surface area (Å²) in [6.07, 6.45) is 4.17. The number of nitrogens with one attached hydrogen (secondary N) is 1. The molecule has 1 amide bonds. The normalized spacial score (nSPS) is 11.6. The van der Waals surface area contributed by atoms with E-state index in [1.165, 1.54) is 0 Å². The number of carbonyl (C=O) groups excluding carboxylic acids is 1. The summed E-state index contributed by atoms with van der Waals surface area (Å²) in [5.74, 6) is -0.117. The molecule has 21 heavy (non-hydrogen) atoms. The van der Waals surface area contributed by atoms with Gasteiger partial charge in [0, 0.05) is 0 Å². The third-order valence-corrected chi connectivity index (χ3v) is 2.88. The molecule has 0 atom stereocenters. The van der Waals surface area contributed by atoms with Gasteiger partial charge in [-0.25, -0.2) is 5.43 Å². The Hall–Kier alpha value is -2.68. The highest BCUT2D eigenvalue weighted by Gasteiger charge is 2.00. The topological polar surface area (TPSA) is 41.5 Å². The summed E-state index contributed by atoms with van der Waals surface area (Å²) in [6.45, 7) is 1.85. The quantitative estimate of drug-likeness (QED) is 0.660. The summed E-state index contributed by atoms with van der Waals surface area (Å²) < 4.78 is 0.